The van der Waals surface area contributed by atoms with E-state index in [2.05, 4.69) is 36.5 Å². The second kappa shape index (κ2) is 4.60. The number of rotatable bonds is 3. The first-order valence-corrected chi connectivity index (χ1v) is 6.84. The smallest absolute Gasteiger partial charge is 0.228 e. The van der Waals surface area contributed by atoms with E-state index in [-0.39, 0.29) is 11.8 Å². The zero-order valence-electron chi connectivity index (χ0n) is 10.7. The largest absolute Gasteiger partial charge is 0.326 e. The molecule has 3 rings (SSSR count). The van der Waals surface area contributed by atoms with Gasteiger partial charge in [-0.05, 0) is 48.8 Å². The maximum absolute atomic E-state index is 12.2. The van der Waals surface area contributed by atoms with E-state index in [0.717, 1.165) is 18.5 Å². The second-order valence-corrected chi connectivity index (χ2v) is 5.43. The van der Waals surface area contributed by atoms with Gasteiger partial charge in [-0.15, -0.1) is 0 Å². The molecule has 3 atom stereocenters. The van der Waals surface area contributed by atoms with Gasteiger partial charge in [0.15, 0.2) is 0 Å². The summed E-state index contributed by atoms with van der Waals surface area (Å²) in [5, 5.41) is 3.05. The van der Waals surface area contributed by atoms with E-state index in [4.69, 9.17) is 0 Å². The van der Waals surface area contributed by atoms with Crippen molar-refractivity contribution in [2.45, 2.75) is 26.2 Å². The molecule has 0 aromatic heterocycles. The van der Waals surface area contributed by atoms with Crippen molar-refractivity contribution in [3.63, 3.8) is 0 Å². The number of benzene rings is 1. The molecule has 94 valence electrons. The van der Waals surface area contributed by atoms with Crippen LogP contribution in [0.3, 0.4) is 0 Å². The first kappa shape index (κ1) is 11.5. The predicted octanol–water partition coefficient (Wildman–Crippen LogP) is 3.40. The van der Waals surface area contributed by atoms with E-state index in [1.54, 1.807) is 0 Å². The van der Waals surface area contributed by atoms with Gasteiger partial charge in [0, 0.05) is 11.6 Å². The van der Waals surface area contributed by atoms with Gasteiger partial charge < -0.3 is 5.32 Å². The van der Waals surface area contributed by atoms with Gasteiger partial charge in [0.25, 0.3) is 0 Å². The summed E-state index contributed by atoms with van der Waals surface area (Å²) in [6.07, 6.45) is 7.72. The highest BCUT2D eigenvalue weighted by Crippen LogP contribution is 2.43. The summed E-state index contributed by atoms with van der Waals surface area (Å²) >= 11 is 0. The molecule has 3 unspecified atom stereocenters. The average molecular weight is 241 g/mol. The van der Waals surface area contributed by atoms with Gasteiger partial charge >= 0.3 is 0 Å². The summed E-state index contributed by atoms with van der Waals surface area (Å²) in [7, 11) is 0. The molecule has 18 heavy (non-hydrogen) atoms. The van der Waals surface area contributed by atoms with Gasteiger partial charge in [-0.2, -0.15) is 0 Å². The lowest BCUT2D eigenvalue weighted by Crippen LogP contribution is -2.25. The number of anilines is 1. The Bertz CT molecular complexity index is 474. The predicted molar refractivity (Wildman–Crippen MR) is 73.3 cm³/mol. The molecule has 0 radical (unpaired) electrons. The molecule has 1 fully saturated rings. The molecule has 0 heterocycles. The number of amides is 1. The summed E-state index contributed by atoms with van der Waals surface area (Å²) in [5.74, 6) is 1.50. The van der Waals surface area contributed by atoms with Crippen molar-refractivity contribution < 1.29 is 4.79 Å². The van der Waals surface area contributed by atoms with Gasteiger partial charge in [0.1, 0.15) is 0 Å². The topological polar surface area (TPSA) is 29.1 Å². The summed E-state index contributed by atoms with van der Waals surface area (Å²) < 4.78 is 0. The van der Waals surface area contributed by atoms with E-state index in [1.165, 1.54) is 12.0 Å². The van der Waals surface area contributed by atoms with Gasteiger partial charge in [0.05, 0.1) is 0 Å². The van der Waals surface area contributed by atoms with Gasteiger partial charge in [-0.3, -0.25) is 4.79 Å². The van der Waals surface area contributed by atoms with Gasteiger partial charge in [0.2, 0.25) is 5.91 Å². The Morgan fingerprint density at radius 1 is 1.22 bits per heavy atom. The standard InChI is InChI=1S/C16H19NO/c1-2-11-4-7-14(8-5-11)17-16(18)15-10-12-3-6-13(15)9-12/h3-8,12-13,15H,2,9-10H2,1H3,(H,17,18). The van der Waals surface area contributed by atoms with Crippen LogP contribution in [0.2, 0.25) is 0 Å². The molecule has 1 aromatic rings. The van der Waals surface area contributed by atoms with Crippen LogP contribution in [0.25, 0.3) is 0 Å². The summed E-state index contributed by atoms with van der Waals surface area (Å²) in [6.45, 7) is 2.13. The number of aryl methyl sites for hydroxylation is 1. The normalized spacial score (nSPS) is 28.6. The Labute approximate surface area is 108 Å². The summed E-state index contributed by atoms with van der Waals surface area (Å²) in [4.78, 5) is 12.2. The van der Waals surface area contributed by atoms with Crippen molar-refractivity contribution >= 4 is 11.6 Å². The third kappa shape index (κ3) is 2.07. The van der Waals surface area contributed by atoms with Crippen LogP contribution in [0.4, 0.5) is 5.69 Å². The molecule has 1 aromatic carbocycles. The van der Waals surface area contributed by atoms with E-state index in [9.17, 15) is 4.79 Å². The van der Waals surface area contributed by atoms with Crippen molar-refractivity contribution in [2.75, 3.05) is 5.32 Å². The Kier molecular flexibility index (Phi) is 2.94. The zero-order valence-corrected chi connectivity index (χ0v) is 10.7. The van der Waals surface area contributed by atoms with Crippen molar-refractivity contribution in [2.24, 2.45) is 17.8 Å². The highest BCUT2D eigenvalue weighted by Gasteiger charge is 2.39. The minimum atomic E-state index is 0.186. The summed E-state index contributed by atoms with van der Waals surface area (Å²) in [6, 6.07) is 8.16. The SMILES string of the molecule is CCc1ccc(NC(=O)C2CC3C=CC2C3)cc1. The van der Waals surface area contributed by atoms with Crippen LogP contribution < -0.4 is 5.32 Å². The fourth-order valence-electron chi connectivity index (χ4n) is 3.14. The molecule has 2 bridgehead atoms. The summed E-state index contributed by atoms with van der Waals surface area (Å²) in [5.41, 5.74) is 2.22. The lowest BCUT2D eigenvalue weighted by atomic mass is 9.93. The van der Waals surface area contributed by atoms with Gasteiger partial charge in [-0.25, -0.2) is 0 Å². The Morgan fingerprint density at radius 3 is 2.56 bits per heavy atom. The zero-order chi connectivity index (χ0) is 12.5. The molecular formula is C16H19NO. The quantitative estimate of drug-likeness (QED) is 0.807. The molecule has 0 aliphatic heterocycles. The highest BCUT2D eigenvalue weighted by atomic mass is 16.1. The highest BCUT2D eigenvalue weighted by molar-refractivity contribution is 5.93. The lowest BCUT2D eigenvalue weighted by molar-refractivity contribution is -0.120. The number of allylic oxidation sites excluding steroid dienone is 2. The van der Waals surface area contributed by atoms with Gasteiger partial charge in [-0.1, -0.05) is 31.2 Å². The number of nitrogens with one attached hydrogen (secondary N) is 1. The maximum atomic E-state index is 12.2. The van der Waals surface area contributed by atoms with E-state index in [1.807, 2.05) is 12.1 Å². The molecule has 0 saturated heterocycles. The van der Waals surface area contributed by atoms with Crippen LogP contribution in [0, 0.1) is 17.8 Å². The number of carbonyl (C=O) groups is 1. The van der Waals surface area contributed by atoms with Crippen LogP contribution in [-0.2, 0) is 11.2 Å². The van der Waals surface area contributed by atoms with Crippen LogP contribution in [0.15, 0.2) is 36.4 Å². The fourth-order valence-corrected chi connectivity index (χ4v) is 3.14. The Morgan fingerprint density at radius 2 is 2.00 bits per heavy atom. The van der Waals surface area contributed by atoms with E-state index >= 15 is 0 Å². The molecule has 2 heteroatoms. The third-order valence-electron chi connectivity index (χ3n) is 4.25. The van der Waals surface area contributed by atoms with Crippen molar-refractivity contribution in [3.05, 3.63) is 42.0 Å². The number of hydrogen-bond donors (Lipinski definition) is 1. The van der Waals surface area contributed by atoms with E-state index in [0.29, 0.717) is 11.8 Å². The molecule has 2 aliphatic rings. The van der Waals surface area contributed by atoms with Crippen molar-refractivity contribution in [1.29, 1.82) is 0 Å². The second-order valence-electron chi connectivity index (χ2n) is 5.43. The average Bonchev–Trinajstić information content (AvgIpc) is 3.02. The lowest BCUT2D eigenvalue weighted by Gasteiger charge is -2.17. The van der Waals surface area contributed by atoms with Crippen molar-refractivity contribution in [3.8, 4) is 0 Å². The monoisotopic (exact) mass is 241 g/mol. The van der Waals surface area contributed by atoms with Crippen molar-refractivity contribution in [1.82, 2.24) is 0 Å². The third-order valence-corrected chi connectivity index (χ3v) is 4.25. The van der Waals surface area contributed by atoms with Crippen LogP contribution in [0.5, 0.6) is 0 Å². The van der Waals surface area contributed by atoms with Crippen LogP contribution in [-0.4, -0.2) is 5.91 Å². The molecule has 2 aliphatic carbocycles. The molecule has 0 spiro atoms. The minimum absolute atomic E-state index is 0.186. The maximum Gasteiger partial charge on any atom is 0.228 e. The Hall–Kier alpha value is -1.57. The number of fused-ring (bicyclic) bond motifs is 2. The molecule has 1 N–H and O–H groups in total. The molecular weight excluding hydrogens is 222 g/mol. The minimum Gasteiger partial charge on any atom is -0.326 e. The first-order chi connectivity index (χ1) is 8.76. The fraction of sp³-hybridized carbons (Fsp3) is 0.438. The number of hydrogen-bond acceptors (Lipinski definition) is 1. The van der Waals surface area contributed by atoms with E-state index < -0.39 is 0 Å². The number of carbonyl (C=O) groups excluding carboxylic acids is 1. The molecule has 1 amide bonds. The first-order valence-electron chi connectivity index (χ1n) is 6.84. The molecule has 1 saturated carbocycles. The Balaban J connectivity index is 1.65. The van der Waals surface area contributed by atoms with Crippen LogP contribution >= 0.6 is 0 Å². The van der Waals surface area contributed by atoms with Crippen LogP contribution in [0.1, 0.15) is 25.3 Å². The molecule has 2 nitrogen and oxygen atoms in total.